The van der Waals surface area contributed by atoms with E-state index in [1.165, 1.54) is 23.9 Å². The molecule has 3 N–H and O–H groups in total. The van der Waals surface area contributed by atoms with E-state index < -0.39 is 0 Å². The van der Waals surface area contributed by atoms with E-state index in [0.29, 0.717) is 23.9 Å². The topological polar surface area (TPSA) is 55.1 Å². The molecule has 0 heterocycles. The van der Waals surface area contributed by atoms with Crippen molar-refractivity contribution in [1.82, 2.24) is 5.32 Å². The Morgan fingerprint density at radius 2 is 2.22 bits per heavy atom. The second-order valence-electron chi connectivity index (χ2n) is 4.50. The number of nitrogen functional groups attached to an aromatic ring is 1. The third-order valence-corrected chi connectivity index (χ3v) is 3.46. The zero-order valence-electron chi connectivity index (χ0n) is 10.7. The molecular weight excluding hydrogens is 251 g/mol. The first-order chi connectivity index (χ1) is 8.49. The van der Waals surface area contributed by atoms with Crippen molar-refractivity contribution < 1.29 is 9.18 Å². The summed E-state index contributed by atoms with van der Waals surface area (Å²) >= 11 is 1.32. The fourth-order valence-corrected chi connectivity index (χ4v) is 2.12. The first kappa shape index (κ1) is 14.8. The lowest BCUT2D eigenvalue weighted by Gasteiger charge is -2.08. The molecule has 1 amide bonds. The van der Waals surface area contributed by atoms with Crippen molar-refractivity contribution in [2.75, 3.05) is 18.0 Å². The van der Waals surface area contributed by atoms with E-state index in [1.807, 2.05) is 0 Å². The fraction of sp³-hybridized carbons (Fsp3) is 0.462. The molecule has 0 aliphatic heterocycles. The van der Waals surface area contributed by atoms with Gasteiger partial charge >= 0.3 is 0 Å². The Kier molecular flexibility index (Phi) is 5.98. The zero-order chi connectivity index (χ0) is 13.5. The molecule has 100 valence electrons. The lowest BCUT2D eigenvalue weighted by atomic mass is 10.1. The quantitative estimate of drug-likeness (QED) is 0.617. The molecule has 0 saturated heterocycles. The van der Waals surface area contributed by atoms with Gasteiger partial charge in [-0.3, -0.25) is 4.79 Å². The first-order valence-corrected chi connectivity index (χ1v) is 6.92. The molecule has 1 rings (SSSR count). The molecule has 0 bridgehead atoms. The van der Waals surface area contributed by atoms with Crippen LogP contribution < -0.4 is 11.1 Å². The van der Waals surface area contributed by atoms with Gasteiger partial charge in [0.1, 0.15) is 5.82 Å². The van der Waals surface area contributed by atoms with Gasteiger partial charge in [-0.2, -0.15) is 0 Å². The Hall–Kier alpha value is -1.23. The summed E-state index contributed by atoms with van der Waals surface area (Å²) in [7, 11) is 0. The van der Waals surface area contributed by atoms with Crippen LogP contribution in [0.25, 0.3) is 0 Å². The van der Waals surface area contributed by atoms with E-state index in [2.05, 4.69) is 19.2 Å². The smallest absolute Gasteiger partial charge is 0.230 e. The van der Waals surface area contributed by atoms with Gasteiger partial charge in [0.25, 0.3) is 0 Å². The average molecular weight is 270 g/mol. The number of anilines is 1. The largest absolute Gasteiger partial charge is 0.398 e. The van der Waals surface area contributed by atoms with Gasteiger partial charge in [-0.25, -0.2) is 4.39 Å². The van der Waals surface area contributed by atoms with Crippen LogP contribution in [0, 0.1) is 11.7 Å². The first-order valence-electron chi connectivity index (χ1n) is 5.93. The molecule has 0 fully saturated rings. The maximum atomic E-state index is 12.8. The number of rotatable bonds is 6. The van der Waals surface area contributed by atoms with E-state index >= 15 is 0 Å². The molecule has 0 saturated carbocycles. The third-order valence-electron chi connectivity index (χ3n) is 2.37. The molecule has 1 aromatic carbocycles. The average Bonchev–Trinajstić information content (AvgIpc) is 2.27. The monoisotopic (exact) mass is 270 g/mol. The number of carbonyl (C=O) groups is 1. The van der Waals surface area contributed by atoms with Gasteiger partial charge in [-0.15, -0.1) is 11.8 Å². The van der Waals surface area contributed by atoms with Gasteiger partial charge in [-0.1, -0.05) is 13.8 Å². The maximum Gasteiger partial charge on any atom is 0.230 e. The van der Waals surface area contributed by atoms with E-state index in [-0.39, 0.29) is 11.7 Å². The number of carbonyl (C=O) groups excluding carboxylic acids is 1. The molecule has 0 atom stereocenters. The highest BCUT2D eigenvalue weighted by Crippen LogP contribution is 2.25. The van der Waals surface area contributed by atoms with Crippen LogP contribution >= 0.6 is 11.8 Å². The Bertz CT molecular complexity index is 410. The summed E-state index contributed by atoms with van der Waals surface area (Å²) in [6.45, 7) is 4.91. The highest BCUT2D eigenvalue weighted by Gasteiger charge is 2.06. The molecule has 0 aliphatic carbocycles. The van der Waals surface area contributed by atoms with Crippen molar-refractivity contribution in [3.8, 4) is 0 Å². The van der Waals surface area contributed by atoms with Crippen molar-refractivity contribution in [3.05, 3.63) is 24.0 Å². The van der Waals surface area contributed by atoms with Crippen LogP contribution in [0.3, 0.4) is 0 Å². The SMILES string of the molecule is CC(C)CCNC(=O)CSc1ccc(F)cc1N. The Balaban J connectivity index is 2.33. The van der Waals surface area contributed by atoms with Gasteiger partial charge in [-0.05, 0) is 30.5 Å². The predicted molar refractivity (Wildman–Crippen MR) is 74.0 cm³/mol. The fourth-order valence-electron chi connectivity index (χ4n) is 1.35. The molecule has 0 unspecified atom stereocenters. The minimum Gasteiger partial charge on any atom is -0.398 e. The number of thioether (sulfide) groups is 1. The number of hydrogen-bond acceptors (Lipinski definition) is 3. The minimum absolute atomic E-state index is 0.0237. The number of hydrogen-bond donors (Lipinski definition) is 2. The van der Waals surface area contributed by atoms with Crippen LogP contribution in [0.2, 0.25) is 0 Å². The third kappa shape index (κ3) is 5.40. The highest BCUT2D eigenvalue weighted by molar-refractivity contribution is 8.00. The van der Waals surface area contributed by atoms with E-state index in [9.17, 15) is 9.18 Å². The summed E-state index contributed by atoms with van der Waals surface area (Å²) in [6, 6.07) is 4.20. The highest BCUT2D eigenvalue weighted by atomic mass is 32.2. The van der Waals surface area contributed by atoms with Crippen molar-refractivity contribution in [2.45, 2.75) is 25.2 Å². The van der Waals surface area contributed by atoms with Gasteiger partial charge in [0, 0.05) is 17.1 Å². The number of nitrogens with one attached hydrogen (secondary N) is 1. The maximum absolute atomic E-state index is 12.8. The Morgan fingerprint density at radius 1 is 1.50 bits per heavy atom. The van der Waals surface area contributed by atoms with Crippen LogP contribution in [0.5, 0.6) is 0 Å². The molecule has 5 heteroatoms. The van der Waals surface area contributed by atoms with E-state index in [1.54, 1.807) is 6.07 Å². The van der Waals surface area contributed by atoms with Crippen molar-refractivity contribution >= 4 is 23.4 Å². The van der Waals surface area contributed by atoms with Crippen molar-refractivity contribution in [2.24, 2.45) is 5.92 Å². The van der Waals surface area contributed by atoms with Crippen molar-refractivity contribution in [1.29, 1.82) is 0 Å². The zero-order valence-corrected chi connectivity index (χ0v) is 11.5. The second kappa shape index (κ2) is 7.26. The van der Waals surface area contributed by atoms with Gasteiger partial charge < -0.3 is 11.1 Å². The van der Waals surface area contributed by atoms with Crippen LogP contribution in [-0.2, 0) is 4.79 Å². The lowest BCUT2D eigenvalue weighted by molar-refractivity contribution is -0.118. The molecule has 1 aromatic rings. The summed E-state index contributed by atoms with van der Waals surface area (Å²) in [5, 5.41) is 2.84. The minimum atomic E-state index is -0.363. The summed E-state index contributed by atoms with van der Waals surface area (Å²) in [5.74, 6) is 0.488. The van der Waals surface area contributed by atoms with Crippen LogP contribution in [0.4, 0.5) is 10.1 Å². The second-order valence-corrected chi connectivity index (χ2v) is 5.52. The number of amides is 1. The molecule has 0 aliphatic rings. The molecule has 0 radical (unpaired) electrons. The van der Waals surface area contributed by atoms with E-state index in [4.69, 9.17) is 5.73 Å². The number of nitrogens with two attached hydrogens (primary N) is 1. The molecule has 18 heavy (non-hydrogen) atoms. The van der Waals surface area contributed by atoms with Gasteiger partial charge in [0.2, 0.25) is 5.91 Å². The molecular formula is C13H19FN2OS. The Labute approximate surface area is 111 Å². The number of benzene rings is 1. The number of halogens is 1. The molecule has 3 nitrogen and oxygen atoms in total. The van der Waals surface area contributed by atoms with E-state index in [0.717, 1.165) is 11.3 Å². The van der Waals surface area contributed by atoms with Gasteiger partial charge in [0.05, 0.1) is 5.75 Å². The molecule has 0 aromatic heterocycles. The Morgan fingerprint density at radius 3 is 2.83 bits per heavy atom. The summed E-state index contributed by atoms with van der Waals surface area (Å²) < 4.78 is 12.8. The standard InChI is InChI=1S/C13H19FN2OS/c1-9(2)5-6-16-13(17)8-18-12-4-3-10(14)7-11(12)15/h3-4,7,9H,5-6,8,15H2,1-2H3,(H,16,17). The van der Waals surface area contributed by atoms with Gasteiger partial charge in [0.15, 0.2) is 0 Å². The lowest BCUT2D eigenvalue weighted by Crippen LogP contribution is -2.26. The van der Waals surface area contributed by atoms with Crippen LogP contribution in [-0.4, -0.2) is 18.2 Å². The van der Waals surface area contributed by atoms with Crippen molar-refractivity contribution in [3.63, 3.8) is 0 Å². The van der Waals surface area contributed by atoms with Crippen LogP contribution in [0.15, 0.2) is 23.1 Å². The summed E-state index contributed by atoms with van der Waals surface area (Å²) in [4.78, 5) is 12.3. The summed E-state index contributed by atoms with van der Waals surface area (Å²) in [6.07, 6.45) is 0.967. The summed E-state index contributed by atoms with van der Waals surface area (Å²) in [5.41, 5.74) is 6.03. The normalized spacial score (nSPS) is 10.7. The van der Waals surface area contributed by atoms with Crippen LogP contribution in [0.1, 0.15) is 20.3 Å². The molecule has 0 spiro atoms. The predicted octanol–water partition coefficient (Wildman–Crippen LogP) is 2.66.